The zero-order valence-corrected chi connectivity index (χ0v) is 8.33. The Morgan fingerprint density at radius 2 is 2.38 bits per heavy atom. The fraction of sp³-hybridized carbons (Fsp3) is 0.286. The molecule has 5 nitrogen and oxygen atoms in total. The Morgan fingerprint density at radius 3 is 2.77 bits per heavy atom. The van der Waals surface area contributed by atoms with Crippen LogP contribution in [-0.2, 0) is 0 Å². The number of aryl methyl sites for hydroxylation is 1. The largest absolute Gasteiger partial charge is 0.446 e. The molecule has 0 bridgehead atoms. The van der Waals surface area contributed by atoms with Gasteiger partial charge in [-0.2, -0.15) is 0 Å². The predicted molar refractivity (Wildman–Crippen MR) is 47.3 cm³/mol. The lowest BCUT2D eigenvalue weighted by molar-refractivity contribution is -0.465. The van der Waals surface area contributed by atoms with Crippen LogP contribution in [0.5, 0.6) is 0 Å². The zero-order valence-electron chi connectivity index (χ0n) is 6.74. The molecule has 0 atom stereocenters. The first-order chi connectivity index (χ1) is 6.00. The molecule has 1 heterocycles. The molecule has 6 heteroatoms. The van der Waals surface area contributed by atoms with Crippen molar-refractivity contribution in [3.63, 3.8) is 0 Å². The van der Waals surface area contributed by atoms with Gasteiger partial charge in [-0.1, -0.05) is 0 Å². The molecule has 0 N–H and O–H groups in total. The topological polar surface area (TPSA) is 73.3 Å². The van der Waals surface area contributed by atoms with Crippen LogP contribution < -0.4 is 0 Å². The van der Waals surface area contributed by atoms with Crippen LogP contribution in [-0.4, -0.2) is 17.3 Å². The molecule has 0 aromatic carbocycles. The third-order valence-corrected chi connectivity index (χ3v) is 1.80. The van der Waals surface area contributed by atoms with E-state index in [1.54, 1.807) is 13.0 Å². The van der Waals surface area contributed by atoms with Crippen molar-refractivity contribution in [3.8, 4) is 0 Å². The van der Waals surface area contributed by atoms with E-state index in [1.807, 2.05) is 0 Å². The summed E-state index contributed by atoms with van der Waals surface area (Å²) in [6.07, 6.45) is 0. The summed E-state index contributed by atoms with van der Waals surface area (Å²) < 4.78 is 5.34. The summed E-state index contributed by atoms with van der Waals surface area (Å²) in [6.45, 7) is 0.919. The minimum Gasteiger partial charge on any atom is -0.446 e. The first kappa shape index (κ1) is 9.91. The summed E-state index contributed by atoms with van der Waals surface area (Å²) in [4.78, 5) is 20.5. The van der Waals surface area contributed by atoms with E-state index in [1.165, 1.54) is 0 Å². The molecular weight excluding hydrogens is 242 g/mol. The lowest BCUT2D eigenvalue weighted by Crippen LogP contribution is -2.13. The van der Waals surface area contributed by atoms with Crippen molar-refractivity contribution >= 4 is 21.7 Å². The lowest BCUT2D eigenvalue weighted by Gasteiger charge is -1.91. The second kappa shape index (κ2) is 3.69. The number of rotatable bonds is 3. The molecule has 13 heavy (non-hydrogen) atoms. The van der Waals surface area contributed by atoms with E-state index in [4.69, 9.17) is 4.42 Å². The number of hydrogen-bond donors (Lipinski definition) is 0. The molecule has 0 radical (unpaired) electrons. The van der Waals surface area contributed by atoms with Gasteiger partial charge in [-0.05, 0) is 34.5 Å². The molecule has 0 amide bonds. The maximum absolute atomic E-state index is 11.1. The van der Waals surface area contributed by atoms with E-state index in [0.29, 0.717) is 10.2 Å². The van der Waals surface area contributed by atoms with E-state index in [0.717, 1.165) is 0 Å². The molecule has 70 valence electrons. The zero-order chi connectivity index (χ0) is 10.0. The van der Waals surface area contributed by atoms with Gasteiger partial charge < -0.3 is 4.42 Å². The summed E-state index contributed by atoms with van der Waals surface area (Å²) in [7, 11) is 0. The average Bonchev–Trinajstić information content (AvgIpc) is 2.28. The fourth-order valence-corrected chi connectivity index (χ4v) is 1.41. The van der Waals surface area contributed by atoms with E-state index in [-0.39, 0.29) is 5.76 Å². The van der Waals surface area contributed by atoms with Crippen molar-refractivity contribution in [3.05, 3.63) is 32.2 Å². The summed E-state index contributed by atoms with van der Waals surface area (Å²) in [6, 6.07) is 1.59. The number of ketones is 1. The molecule has 0 aliphatic rings. The molecule has 0 aliphatic heterocycles. The Balaban J connectivity index is 2.88. The van der Waals surface area contributed by atoms with Gasteiger partial charge in [-0.15, -0.1) is 0 Å². The number of halogens is 1. The molecule has 1 aromatic rings. The second-order valence-corrected chi connectivity index (χ2v) is 3.26. The van der Waals surface area contributed by atoms with Gasteiger partial charge in [-0.25, -0.2) is 0 Å². The normalized spacial score (nSPS) is 10.0. The van der Waals surface area contributed by atoms with Crippen LogP contribution in [0.2, 0.25) is 0 Å². The van der Waals surface area contributed by atoms with Crippen molar-refractivity contribution in [1.29, 1.82) is 0 Å². The van der Waals surface area contributed by atoms with Crippen molar-refractivity contribution < 1.29 is 14.1 Å². The highest BCUT2D eigenvalue weighted by Gasteiger charge is 2.19. The second-order valence-electron chi connectivity index (χ2n) is 2.48. The Hall–Kier alpha value is -1.17. The summed E-state index contributed by atoms with van der Waals surface area (Å²) >= 11 is 3.03. The fourth-order valence-electron chi connectivity index (χ4n) is 0.909. The van der Waals surface area contributed by atoms with Crippen molar-refractivity contribution in [2.75, 3.05) is 6.54 Å². The van der Waals surface area contributed by atoms with Crippen LogP contribution in [0.25, 0.3) is 0 Å². The SMILES string of the molecule is Cc1cc(Br)oc1C(=O)C[N+](=O)[O-]. The molecular formula is C7H6BrNO4. The number of furan rings is 1. The van der Waals surface area contributed by atoms with E-state index in [9.17, 15) is 14.9 Å². The van der Waals surface area contributed by atoms with Gasteiger partial charge in [0.2, 0.25) is 0 Å². The Morgan fingerprint density at radius 1 is 1.77 bits per heavy atom. The first-order valence-electron chi connectivity index (χ1n) is 3.41. The monoisotopic (exact) mass is 247 g/mol. The molecule has 0 saturated heterocycles. The number of carbonyl (C=O) groups is 1. The molecule has 1 rings (SSSR count). The number of nitro groups is 1. The summed E-state index contributed by atoms with van der Waals surface area (Å²) in [5, 5.41) is 10.0. The third kappa shape index (κ3) is 2.38. The average molecular weight is 248 g/mol. The summed E-state index contributed by atoms with van der Waals surface area (Å²) in [5.74, 6) is -0.572. The number of hydrogen-bond acceptors (Lipinski definition) is 4. The molecule has 0 saturated carbocycles. The van der Waals surface area contributed by atoms with Crippen molar-refractivity contribution in [1.82, 2.24) is 0 Å². The van der Waals surface area contributed by atoms with Gasteiger partial charge in [0.15, 0.2) is 10.4 Å². The smallest absolute Gasteiger partial charge is 0.269 e. The van der Waals surface area contributed by atoms with E-state index in [2.05, 4.69) is 15.9 Å². The Kier molecular flexibility index (Phi) is 2.82. The molecule has 0 spiro atoms. The lowest BCUT2D eigenvalue weighted by atomic mass is 10.2. The standard InChI is InChI=1S/C7H6BrNO4/c1-4-2-6(8)13-7(4)5(10)3-9(11)12/h2H,3H2,1H3. The summed E-state index contributed by atoms with van der Waals surface area (Å²) in [5.41, 5.74) is 0.596. The van der Waals surface area contributed by atoms with Crippen LogP contribution in [0.15, 0.2) is 15.2 Å². The van der Waals surface area contributed by atoms with Gasteiger partial charge in [0.1, 0.15) is 0 Å². The highest BCUT2D eigenvalue weighted by Crippen LogP contribution is 2.19. The van der Waals surface area contributed by atoms with Crippen molar-refractivity contribution in [2.45, 2.75) is 6.92 Å². The van der Waals surface area contributed by atoms with Gasteiger partial charge in [0.25, 0.3) is 12.3 Å². The molecule has 0 unspecified atom stereocenters. The number of Topliss-reactive ketones (excluding diaryl/α,β-unsaturated/α-hetero) is 1. The van der Waals surface area contributed by atoms with Crippen LogP contribution in [0.1, 0.15) is 16.1 Å². The van der Waals surface area contributed by atoms with Gasteiger partial charge in [0, 0.05) is 4.92 Å². The van der Waals surface area contributed by atoms with Gasteiger partial charge in [-0.3, -0.25) is 14.9 Å². The van der Waals surface area contributed by atoms with Crippen molar-refractivity contribution in [2.24, 2.45) is 0 Å². The Bertz CT molecular complexity index is 357. The maximum Gasteiger partial charge on any atom is 0.269 e. The molecule has 0 aliphatic carbocycles. The van der Waals surface area contributed by atoms with Crippen LogP contribution in [0, 0.1) is 17.0 Å². The quantitative estimate of drug-likeness (QED) is 0.464. The van der Waals surface area contributed by atoms with Crippen LogP contribution >= 0.6 is 15.9 Å². The highest BCUT2D eigenvalue weighted by molar-refractivity contribution is 9.10. The van der Waals surface area contributed by atoms with Gasteiger partial charge >= 0.3 is 0 Å². The van der Waals surface area contributed by atoms with Crippen LogP contribution in [0.3, 0.4) is 0 Å². The minimum atomic E-state index is -0.735. The minimum absolute atomic E-state index is 0.0450. The first-order valence-corrected chi connectivity index (χ1v) is 4.21. The van der Waals surface area contributed by atoms with Crippen LogP contribution in [0.4, 0.5) is 0 Å². The van der Waals surface area contributed by atoms with E-state index < -0.39 is 17.3 Å². The number of carbonyl (C=O) groups excluding carboxylic acids is 1. The van der Waals surface area contributed by atoms with E-state index >= 15 is 0 Å². The highest BCUT2D eigenvalue weighted by atomic mass is 79.9. The maximum atomic E-state index is 11.1. The molecule has 0 fully saturated rings. The Labute approximate surface area is 82.0 Å². The van der Waals surface area contributed by atoms with Gasteiger partial charge in [0.05, 0.1) is 0 Å². The number of nitrogens with zero attached hydrogens (tertiary/aromatic N) is 1. The third-order valence-electron chi connectivity index (χ3n) is 1.41. The molecule has 1 aromatic heterocycles. The predicted octanol–water partition coefficient (Wildman–Crippen LogP) is 1.81.